The van der Waals surface area contributed by atoms with Gasteiger partial charge in [-0.2, -0.15) is 0 Å². The fourth-order valence-electron chi connectivity index (χ4n) is 4.27. The number of aromatic hydroxyl groups is 1. The van der Waals surface area contributed by atoms with E-state index in [0.29, 0.717) is 24.9 Å². The summed E-state index contributed by atoms with van der Waals surface area (Å²) in [5, 5.41) is 12.2. The van der Waals surface area contributed by atoms with Crippen LogP contribution in [-0.4, -0.2) is 53.5 Å². The molecular formula is C25H26N2O4. The quantitative estimate of drug-likeness (QED) is 0.684. The number of hydrogen-bond acceptors (Lipinski definition) is 4. The molecule has 6 heteroatoms. The molecule has 1 fully saturated rings. The maximum absolute atomic E-state index is 13.3. The van der Waals surface area contributed by atoms with E-state index < -0.39 is 6.04 Å². The zero-order valence-corrected chi connectivity index (χ0v) is 17.7. The van der Waals surface area contributed by atoms with Crippen molar-refractivity contribution in [3.63, 3.8) is 0 Å². The summed E-state index contributed by atoms with van der Waals surface area (Å²) in [7, 11) is 3.34. The lowest BCUT2D eigenvalue weighted by molar-refractivity contribution is -0.134. The lowest BCUT2D eigenvalue weighted by Gasteiger charge is -2.28. The summed E-state index contributed by atoms with van der Waals surface area (Å²) in [6, 6.07) is 17.9. The Kier molecular flexibility index (Phi) is 5.80. The average molecular weight is 418 g/mol. The van der Waals surface area contributed by atoms with Crippen LogP contribution in [0.2, 0.25) is 0 Å². The summed E-state index contributed by atoms with van der Waals surface area (Å²) < 4.78 is 5.39. The molecule has 31 heavy (non-hydrogen) atoms. The maximum Gasteiger partial charge on any atom is 0.258 e. The molecule has 0 radical (unpaired) electrons. The number of carbonyl (C=O) groups excluding carboxylic acids is 2. The zero-order chi connectivity index (χ0) is 22.0. The first-order valence-electron chi connectivity index (χ1n) is 10.4. The number of likely N-dealkylation sites (tertiary alicyclic amines) is 1. The van der Waals surface area contributed by atoms with Crippen LogP contribution in [0, 0.1) is 0 Å². The Labute approximate surface area is 181 Å². The molecule has 0 bridgehead atoms. The van der Waals surface area contributed by atoms with Crippen LogP contribution in [-0.2, 0) is 11.3 Å². The Morgan fingerprint density at radius 3 is 2.65 bits per heavy atom. The third-order valence-electron chi connectivity index (χ3n) is 5.91. The van der Waals surface area contributed by atoms with Crippen molar-refractivity contribution in [1.29, 1.82) is 0 Å². The van der Waals surface area contributed by atoms with Crippen molar-refractivity contribution in [2.75, 3.05) is 20.7 Å². The molecular weight excluding hydrogens is 392 g/mol. The lowest BCUT2D eigenvalue weighted by Crippen LogP contribution is -2.46. The van der Waals surface area contributed by atoms with Crippen LogP contribution in [0.4, 0.5) is 0 Å². The lowest BCUT2D eigenvalue weighted by atomic mass is 10.0. The fraction of sp³-hybridized carbons (Fsp3) is 0.280. The van der Waals surface area contributed by atoms with Crippen molar-refractivity contribution in [2.45, 2.75) is 25.4 Å². The van der Waals surface area contributed by atoms with E-state index in [4.69, 9.17) is 4.74 Å². The zero-order valence-electron chi connectivity index (χ0n) is 17.7. The number of benzene rings is 3. The summed E-state index contributed by atoms with van der Waals surface area (Å²) in [5.41, 5.74) is 1.13. The monoisotopic (exact) mass is 418 g/mol. The van der Waals surface area contributed by atoms with Gasteiger partial charge in [0.1, 0.15) is 17.5 Å². The van der Waals surface area contributed by atoms with Gasteiger partial charge in [0.05, 0.1) is 12.7 Å². The second-order valence-electron chi connectivity index (χ2n) is 7.85. The van der Waals surface area contributed by atoms with E-state index in [-0.39, 0.29) is 23.1 Å². The molecule has 0 saturated carbocycles. The minimum Gasteiger partial charge on any atom is -0.506 e. The van der Waals surface area contributed by atoms with E-state index in [9.17, 15) is 14.7 Å². The number of para-hydroxylation sites is 1. The number of rotatable bonds is 5. The number of nitrogens with zero attached hydrogens (tertiary/aromatic N) is 2. The van der Waals surface area contributed by atoms with E-state index in [0.717, 1.165) is 23.1 Å². The normalized spacial score (nSPS) is 15.8. The number of methoxy groups -OCH3 is 1. The van der Waals surface area contributed by atoms with Crippen molar-refractivity contribution in [1.82, 2.24) is 9.80 Å². The molecule has 1 unspecified atom stereocenters. The van der Waals surface area contributed by atoms with E-state index in [2.05, 4.69) is 0 Å². The number of amides is 2. The number of carbonyl (C=O) groups is 2. The van der Waals surface area contributed by atoms with Gasteiger partial charge in [-0.25, -0.2) is 0 Å². The van der Waals surface area contributed by atoms with Crippen molar-refractivity contribution in [3.8, 4) is 11.5 Å². The smallest absolute Gasteiger partial charge is 0.258 e. The molecule has 0 spiro atoms. The SMILES string of the molecule is COc1ccccc1CN(C)C(=O)C1CCCN1C(=O)c1ccc2ccccc2c1O. The van der Waals surface area contributed by atoms with Crippen molar-refractivity contribution < 1.29 is 19.4 Å². The van der Waals surface area contributed by atoms with Crippen LogP contribution in [0.15, 0.2) is 60.7 Å². The highest BCUT2D eigenvalue weighted by atomic mass is 16.5. The molecule has 2 amide bonds. The molecule has 1 heterocycles. The summed E-state index contributed by atoms with van der Waals surface area (Å²) in [5.74, 6) is 0.257. The molecule has 0 aliphatic carbocycles. The van der Waals surface area contributed by atoms with E-state index >= 15 is 0 Å². The second kappa shape index (κ2) is 8.68. The molecule has 1 aliphatic heterocycles. The molecule has 0 aromatic heterocycles. The topological polar surface area (TPSA) is 70.1 Å². The van der Waals surface area contributed by atoms with Gasteiger partial charge < -0.3 is 19.6 Å². The van der Waals surface area contributed by atoms with Gasteiger partial charge in [0.15, 0.2) is 0 Å². The van der Waals surface area contributed by atoms with E-state index in [1.807, 2.05) is 48.5 Å². The van der Waals surface area contributed by atoms with E-state index in [1.165, 1.54) is 0 Å². The largest absolute Gasteiger partial charge is 0.506 e. The maximum atomic E-state index is 13.3. The fourth-order valence-corrected chi connectivity index (χ4v) is 4.27. The standard InChI is InChI=1S/C25H26N2O4/c1-26(16-18-9-4-6-12-22(18)31-2)25(30)21-11-7-15-27(21)24(29)20-14-13-17-8-3-5-10-19(17)23(20)28/h3-6,8-10,12-14,21,28H,7,11,15-16H2,1-2H3. The van der Waals surface area contributed by atoms with Gasteiger partial charge in [0, 0.05) is 31.1 Å². The van der Waals surface area contributed by atoms with Gasteiger partial charge in [0.25, 0.3) is 5.91 Å². The van der Waals surface area contributed by atoms with Gasteiger partial charge in [-0.05, 0) is 30.4 Å². The summed E-state index contributed by atoms with van der Waals surface area (Å²) in [6.07, 6.45) is 1.36. The second-order valence-corrected chi connectivity index (χ2v) is 7.85. The molecule has 4 rings (SSSR count). The number of hydrogen-bond donors (Lipinski definition) is 1. The van der Waals surface area contributed by atoms with Crippen molar-refractivity contribution in [2.24, 2.45) is 0 Å². The van der Waals surface area contributed by atoms with Crippen molar-refractivity contribution in [3.05, 3.63) is 71.8 Å². The number of likely N-dealkylation sites (N-methyl/N-ethyl adjacent to an activating group) is 1. The van der Waals surface area contributed by atoms with Gasteiger partial charge >= 0.3 is 0 Å². The summed E-state index contributed by atoms with van der Waals surface area (Å²) in [6.45, 7) is 0.882. The minimum atomic E-state index is -0.543. The summed E-state index contributed by atoms with van der Waals surface area (Å²) in [4.78, 5) is 29.7. The molecule has 3 aromatic rings. The van der Waals surface area contributed by atoms with E-state index in [1.54, 1.807) is 36.1 Å². The first-order valence-corrected chi connectivity index (χ1v) is 10.4. The van der Waals surface area contributed by atoms with Crippen LogP contribution < -0.4 is 4.74 Å². The van der Waals surface area contributed by atoms with Crippen LogP contribution >= 0.6 is 0 Å². The van der Waals surface area contributed by atoms with Gasteiger partial charge in [-0.15, -0.1) is 0 Å². The highest BCUT2D eigenvalue weighted by molar-refractivity contribution is 6.05. The Morgan fingerprint density at radius 2 is 1.84 bits per heavy atom. The number of ether oxygens (including phenoxy) is 1. The predicted octanol–water partition coefficient (Wildman–Crippen LogP) is 3.82. The number of phenols is 1. The van der Waals surface area contributed by atoms with Crippen LogP contribution in [0.25, 0.3) is 10.8 Å². The molecule has 1 atom stereocenters. The Bertz CT molecular complexity index is 1130. The van der Waals surface area contributed by atoms with Gasteiger partial charge in [0.2, 0.25) is 5.91 Å². The number of phenolic OH excluding ortho intramolecular Hbond substituents is 1. The third kappa shape index (κ3) is 3.93. The average Bonchev–Trinajstić information content (AvgIpc) is 3.29. The summed E-state index contributed by atoms with van der Waals surface area (Å²) >= 11 is 0. The Morgan fingerprint density at radius 1 is 1.10 bits per heavy atom. The minimum absolute atomic E-state index is 0.0384. The first-order chi connectivity index (χ1) is 15.0. The number of fused-ring (bicyclic) bond motifs is 1. The van der Waals surface area contributed by atoms with Crippen LogP contribution in [0.3, 0.4) is 0 Å². The molecule has 3 aromatic carbocycles. The molecule has 1 saturated heterocycles. The van der Waals surface area contributed by atoms with Crippen LogP contribution in [0.1, 0.15) is 28.8 Å². The predicted molar refractivity (Wildman–Crippen MR) is 119 cm³/mol. The molecule has 6 nitrogen and oxygen atoms in total. The van der Waals surface area contributed by atoms with Gasteiger partial charge in [-0.1, -0.05) is 48.5 Å². The van der Waals surface area contributed by atoms with Crippen LogP contribution in [0.5, 0.6) is 11.5 Å². The molecule has 1 N–H and O–H groups in total. The molecule has 1 aliphatic rings. The third-order valence-corrected chi connectivity index (χ3v) is 5.91. The Balaban J connectivity index is 1.55. The highest BCUT2D eigenvalue weighted by Gasteiger charge is 2.37. The van der Waals surface area contributed by atoms with Crippen molar-refractivity contribution >= 4 is 22.6 Å². The Hall–Kier alpha value is -3.54. The highest BCUT2D eigenvalue weighted by Crippen LogP contribution is 2.32. The first kappa shape index (κ1) is 20.7. The molecule has 160 valence electrons. The van der Waals surface area contributed by atoms with Gasteiger partial charge in [-0.3, -0.25) is 9.59 Å².